The third-order valence-corrected chi connectivity index (χ3v) is 17.5. The first-order valence-electron chi connectivity index (χ1n) is 12.8. The zero-order valence-electron chi connectivity index (χ0n) is 23.0. The highest BCUT2D eigenvalue weighted by molar-refractivity contribution is 6.83. The number of hydrogen-bond donors (Lipinski definition) is 0. The van der Waals surface area contributed by atoms with Crippen LogP contribution in [-0.2, 0) is 27.2 Å². The fourth-order valence-corrected chi connectivity index (χ4v) is 16.4. The number of ether oxygens (including phenoxy) is 3. The van der Waals surface area contributed by atoms with E-state index in [1.807, 2.05) is 27.7 Å². The molecule has 0 aromatic heterocycles. The average Bonchev–Trinajstić information content (AvgIpc) is 2.99. The summed E-state index contributed by atoms with van der Waals surface area (Å²) in [6.07, 6.45) is -13.5. The maximum atomic E-state index is 12.8. The van der Waals surface area contributed by atoms with Gasteiger partial charge in [0.25, 0.3) is 0 Å². The monoisotopic (exact) mass is 584 g/mol. The minimum atomic E-state index is -5.48. The topological polar surface area (TPSA) is 55.4 Å². The SMILES string of the molecule is CC(C)[Si]1(C(C)C)OC[C@@H]2O[C@@H](C)[C@@H](OCOCC(C(F)(F)F)C(F)(F)F)C2O[Si](C(C)C)(C(C)C)O1. The second kappa shape index (κ2) is 12.1. The van der Waals surface area contributed by atoms with Crippen molar-refractivity contribution in [1.29, 1.82) is 0 Å². The normalized spacial score (nSPS) is 28.9. The maximum Gasteiger partial charge on any atom is 0.402 e. The Kier molecular flexibility index (Phi) is 10.8. The molecule has 2 rings (SSSR count). The van der Waals surface area contributed by atoms with Gasteiger partial charge in [0.1, 0.15) is 25.1 Å². The molecule has 2 aliphatic heterocycles. The number of rotatable bonds is 9. The van der Waals surface area contributed by atoms with Gasteiger partial charge < -0.3 is 27.2 Å². The van der Waals surface area contributed by atoms with Crippen molar-refractivity contribution in [3.8, 4) is 0 Å². The lowest BCUT2D eigenvalue weighted by molar-refractivity contribution is -0.299. The molecule has 4 atom stereocenters. The summed E-state index contributed by atoms with van der Waals surface area (Å²) in [4.78, 5) is 0. The molecular formula is C23H42F6O6Si2. The number of fused-ring (bicyclic) bond motifs is 1. The lowest BCUT2D eigenvalue weighted by atomic mass is 10.1. The van der Waals surface area contributed by atoms with E-state index in [1.54, 1.807) is 6.92 Å². The Balaban J connectivity index is 2.28. The van der Waals surface area contributed by atoms with Gasteiger partial charge in [-0.05, 0) is 29.1 Å². The Morgan fingerprint density at radius 2 is 1.30 bits per heavy atom. The standard InChI is InChI=1S/C23H42F6O6Si2/c1-13(2)36(14(3)4)32-10-18-21(34-37(35-36,15(5)6)16(7)8)20(17(9)33-18)31-12-30-11-19(22(24,25)26)23(27,28)29/h13-21H,10-12H2,1-9H3/t17-,18-,20+,21?/m0/s1. The van der Waals surface area contributed by atoms with E-state index in [1.165, 1.54) is 0 Å². The van der Waals surface area contributed by atoms with Crippen molar-refractivity contribution < 1.29 is 53.5 Å². The number of halogens is 6. The molecule has 2 heterocycles. The van der Waals surface area contributed by atoms with Crippen LogP contribution in [0.15, 0.2) is 0 Å². The van der Waals surface area contributed by atoms with Gasteiger partial charge in [-0.2, -0.15) is 26.3 Å². The summed E-state index contributed by atoms with van der Waals surface area (Å²) in [7, 11) is -5.80. The molecule has 0 aromatic rings. The average molecular weight is 585 g/mol. The third kappa shape index (κ3) is 7.11. The fraction of sp³-hybridized carbons (Fsp3) is 1.00. The molecule has 14 heteroatoms. The minimum absolute atomic E-state index is 0.0198. The van der Waals surface area contributed by atoms with E-state index in [-0.39, 0.29) is 28.8 Å². The van der Waals surface area contributed by atoms with Crippen molar-refractivity contribution in [1.82, 2.24) is 0 Å². The van der Waals surface area contributed by atoms with Gasteiger partial charge in [0.05, 0.1) is 19.3 Å². The molecule has 0 saturated carbocycles. The molecule has 0 amide bonds. The molecule has 0 aromatic carbocycles. The minimum Gasteiger partial charge on any atom is -0.414 e. The molecule has 0 radical (unpaired) electrons. The van der Waals surface area contributed by atoms with Crippen LogP contribution in [0.1, 0.15) is 62.3 Å². The van der Waals surface area contributed by atoms with Gasteiger partial charge in [-0.15, -0.1) is 0 Å². The Hall–Kier alpha value is -0.226. The van der Waals surface area contributed by atoms with Crippen LogP contribution in [0, 0.1) is 5.92 Å². The van der Waals surface area contributed by atoms with E-state index in [2.05, 4.69) is 27.7 Å². The van der Waals surface area contributed by atoms with Gasteiger partial charge >= 0.3 is 29.5 Å². The molecule has 0 spiro atoms. The zero-order valence-corrected chi connectivity index (χ0v) is 25.0. The van der Waals surface area contributed by atoms with E-state index >= 15 is 0 Å². The van der Waals surface area contributed by atoms with Gasteiger partial charge in [-0.25, -0.2) is 0 Å². The Morgan fingerprint density at radius 1 is 0.811 bits per heavy atom. The zero-order chi connectivity index (χ0) is 28.6. The van der Waals surface area contributed by atoms with E-state index < -0.39 is 73.2 Å². The number of alkyl halides is 6. The molecule has 0 N–H and O–H groups in total. The van der Waals surface area contributed by atoms with Crippen molar-refractivity contribution >= 4 is 17.1 Å². The lowest BCUT2D eigenvalue weighted by Crippen LogP contribution is -2.66. The molecule has 37 heavy (non-hydrogen) atoms. The molecule has 2 fully saturated rings. The van der Waals surface area contributed by atoms with Crippen LogP contribution in [0.25, 0.3) is 0 Å². The summed E-state index contributed by atoms with van der Waals surface area (Å²) >= 11 is 0. The van der Waals surface area contributed by atoms with Gasteiger partial charge in [-0.1, -0.05) is 55.4 Å². The maximum absolute atomic E-state index is 12.8. The van der Waals surface area contributed by atoms with Gasteiger partial charge in [0.2, 0.25) is 0 Å². The smallest absolute Gasteiger partial charge is 0.402 e. The molecule has 0 bridgehead atoms. The van der Waals surface area contributed by atoms with Gasteiger partial charge in [0.15, 0.2) is 5.92 Å². The Labute approximate surface area is 218 Å². The first kappa shape index (κ1) is 33.0. The van der Waals surface area contributed by atoms with Crippen LogP contribution in [-0.4, -0.2) is 73.9 Å². The van der Waals surface area contributed by atoms with E-state index in [0.717, 1.165) is 0 Å². The van der Waals surface area contributed by atoms with Crippen LogP contribution < -0.4 is 0 Å². The summed E-state index contributed by atoms with van der Waals surface area (Å²) in [5.41, 5.74) is 0.302. The quantitative estimate of drug-likeness (QED) is 0.128. The summed E-state index contributed by atoms with van der Waals surface area (Å²) in [6.45, 7) is 16.0. The molecule has 1 unspecified atom stereocenters. The second-order valence-electron chi connectivity index (χ2n) is 11.2. The molecule has 2 saturated heterocycles. The molecule has 220 valence electrons. The highest BCUT2D eigenvalue weighted by Crippen LogP contribution is 2.48. The van der Waals surface area contributed by atoms with Crippen LogP contribution in [0.3, 0.4) is 0 Å². The molecule has 6 nitrogen and oxygen atoms in total. The first-order valence-corrected chi connectivity index (χ1v) is 16.7. The predicted octanol–water partition coefficient (Wildman–Crippen LogP) is 6.83. The van der Waals surface area contributed by atoms with Crippen LogP contribution in [0.2, 0.25) is 22.2 Å². The van der Waals surface area contributed by atoms with Crippen molar-refractivity contribution in [3.63, 3.8) is 0 Å². The fourth-order valence-electron chi connectivity index (χ4n) is 5.22. The summed E-state index contributed by atoms with van der Waals surface area (Å²) in [6, 6.07) is 0. The van der Waals surface area contributed by atoms with Gasteiger partial charge in [0, 0.05) is 0 Å². The second-order valence-corrected chi connectivity index (χ2v) is 20.0. The van der Waals surface area contributed by atoms with Crippen LogP contribution in [0.4, 0.5) is 26.3 Å². The summed E-state index contributed by atoms with van der Waals surface area (Å²) in [5, 5.41) is 0. The number of hydrogen-bond acceptors (Lipinski definition) is 6. The Bertz CT molecular complexity index is 703. The van der Waals surface area contributed by atoms with Crippen molar-refractivity contribution in [2.75, 3.05) is 20.0 Å². The third-order valence-electron chi connectivity index (χ3n) is 7.29. The highest BCUT2D eigenvalue weighted by atomic mass is 28.5. The molecular weight excluding hydrogens is 542 g/mol. The molecule has 0 aliphatic carbocycles. The summed E-state index contributed by atoms with van der Waals surface area (Å²) in [5.74, 6) is -3.60. The largest absolute Gasteiger partial charge is 0.414 e. The van der Waals surface area contributed by atoms with Gasteiger partial charge in [-0.3, -0.25) is 0 Å². The highest BCUT2D eigenvalue weighted by Gasteiger charge is 2.61. The summed E-state index contributed by atoms with van der Waals surface area (Å²) < 4.78 is 114. The molecule has 2 aliphatic rings. The Morgan fingerprint density at radius 3 is 1.73 bits per heavy atom. The van der Waals surface area contributed by atoms with Crippen molar-refractivity contribution in [2.45, 2.75) is 121 Å². The predicted molar refractivity (Wildman–Crippen MR) is 129 cm³/mol. The lowest BCUT2D eigenvalue weighted by Gasteiger charge is -2.51. The van der Waals surface area contributed by atoms with Crippen LogP contribution in [0.5, 0.6) is 0 Å². The van der Waals surface area contributed by atoms with Crippen LogP contribution >= 0.6 is 0 Å². The van der Waals surface area contributed by atoms with E-state index in [9.17, 15) is 26.3 Å². The van der Waals surface area contributed by atoms with Crippen molar-refractivity contribution in [3.05, 3.63) is 0 Å². The first-order chi connectivity index (χ1) is 16.8. The van der Waals surface area contributed by atoms with E-state index in [0.29, 0.717) is 0 Å². The van der Waals surface area contributed by atoms with Crippen molar-refractivity contribution in [2.24, 2.45) is 5.92 Å². The van der Waals surface area contributed by atoms with E-state index in [4.69, 9.17) is 27.2 Å².